The minimum atomic E-state index is -3.53. The van der Waals surface area contributed by atoms with E-state index in [0.717, 1.165) is 18.8 Å². The molecule has 1 amide bonds. The average Bonchev–Trinajstić information content (AvgIpc) is 2.78. The Bertz CT molecular complexity index is 990. The zero-order chi connectivity index (χ0) is 25.2. The summed E-state index contributed by atoms with van der Waals surface area (Å²) in [6.07, 6.45) is 0. The van der Waals surface area contributed by atoms with Gasteiger partial charge in [0.2, 0.25) is 10.0 Å². The molecule has 2 aromatic rings. The highest BCUT2D eigenvalue weighted by Gasteiger charge is 2.28. The van der Waals surface area contributed by atoms with Gasteiger partial charge in [0.15, 0.2) is 0 Å². The lowest BCUT2D eigenvalue weighted by Gasteiger charge is -2.25. The fourth-order valence-electron chi connectivity index (χ4n) is 2.96. The molecule has 0 saturated heterocycles. The summed E-state index contributed by atoms with van der Waals surface area (Å²) in [5, 5.41) is 2.88. The van der Waals surface area contributed by atoms with Crippen LogP contribution in [0.1, 0.15) is 45.0 Å². The number of ether oxygens (including phenoxy) is 2. The number of carbonyl (C=O) groups excluding carboxylic acids is 1. The quantitative estimate of drug-likeness (QED) is 0.404. The van der Waals surface area contributed by atoms with Gasteiger partial charge in [-0.25, -0.2) is 8.42 Å². The number of hydrogen-bond acceptors (Lipinski definition) is 6. The number of hydrogen-bond donors (Lipinski definition) is 2. The van der Waals surface area contributed by atoms with Gasteiger partial charge < -0.3 is 19.7 Å². The lowest BCUT2D eigenvalue weighted by atomic mass is 10.2. The van der Waals surface area contributed by atoms with E-state index < -0.39 is 14.8 Å². The smallest absolute Gasteiger partial charge is 0.255 e. The van der Waals surface area contributed by atoms with Crippen molar-refractivity contribution in [3.8, 4) is 0 Å². The molecule has 0 radical (unpaired) electrons. The van der Waals surface area contributed by atoms with Crippen LogP contribution < -0.4 is 14.9 Å². The van der Waals surface area contributed by atoms with Crippen LogP contribution in [-0.2, 0) is 19.5 Å². The second-order valence-electron chi connectivity index (χ2n) is 8.68. The molecule has 34 heavy (non-hydrogen) atoms. The molecule has 0 heterocycles. The second-order valence-corrected chi connectivity index (χ2v) is 11.1. The molecule has 0 bridgehead atoms. The van der Waals surface area contributed by atoms with Crippen LogP contribution in [0.2, 0.25) is 0 Å². The summed E-state index contributed by atoms with van der Waals surface area (Å²) in [7, 11) is -3.53. The Morgan fingerprint density at radius 2 is 1.35 bits per heavy atom. The summed E-state index contributed by atoms with van der Waals surface area (Å²) in [4.78, 5) is 14.8. The van der Waals surface area contributed by atoms with Gasteiger partial charge in [-0.05, 0) is 83.1 Å². The maximum atomic E-state index is 12.6. The molecule has 0 aliphatic rings. The Labute approximate surface area is 203 Å². The zero-order valence-electron chi connectivity index (χ0n) is 20.8. The van der Waals surface area contributed by atoms with Crippen LogP contribution in [0.3, 0.4) is 0 Å². The van der Waals surface area contributed by atoms with Crippen molar-refractivity contribution in [1.29, 1.82) is 0 Å². The molecule has 9 heteroatoms. The van der Waals surface area contributed by atoms with Crippen LogP contribution in [0.5, 0.6) is 0 Å². The van der Waals surface area contributed by atoms with E-state index in [1.165, 1.54) is 0 Å². The summed E-state index contributed by atoms with van der Waals surface area (Å²) < 4.78 is 37.2. The van der Waals surface area contributed by atoms with Crippen molar-refractivity contribution in [3.63, 3.8) is 0 Å². The topological polar surface area (TPSA) is 97.0 Å². The maximum absolute atomic E-state index is 12.6. The van der Waals surface area contributed by atoms with Gasteiger partial charge >= 0.3 is 0 Å². The molecule has 2 aromatic carbocycles. The molecule has 8 nitrogen and oxygen atoms in total. The first-order valence-electron chi connectivity index (χ1n) is 11.5. The Balaban J connectivity index is 2.01. The number of amides is 1. The summed E-state index contributed by atoms with van der Waals surface area (Å²) >= 11 is 0. The summed E-state index contributed by atoms with van der Waals surface area (Å²) in [5.41, 5.74) is 2.53. The Morgan fingerprint density at radius 1 is 0.853 bits per heavy atom. The molecule has 0 saturated carbocycles. The van der Waals surface area contributed by atoms with E-state index in [1.807, 2.05) is 38.1 Å². The summed E-state index contributed by atoms with van der Waals surface area (Å²) in [5.74, 6) is -0.275. The van der Waals surface area contributed by atoms with Crippen molar-refractivity contribution >= 4 is 33.0 Å². The van der Waals surface area contributed by atoms with Gasteiger partial charge in [-0.15, -0.1) is 0 Å². The van der Waals surface area contributed by atoms with E-state index in [-0.39, 0.29) is 5.91 Å². The largest absolute Gasteiger partial charge is 0.380 e. The van der Waals surface area contributed by atoms with Crippen molar-refractivity contribution in [2.45, 2.75) is 39.4 Å². The molecule has 0 fully saturated rings. The van der Waals surface area contributed by atoms with Gasteiger partial charge in [-0.1, -0.05) is 0 Å². The Hall–Kier alpha value is -2.62. The number of benzene rings is 2. The minimum absolute atomic E-state index is 0.275. The molecule has 0 aliphatic carbocycles. The minimum Gasteiger partial charge on any atom is -0.380 e. The average molecular weight is 492 g/mol. The summed E-state index contributed by atoms with van der Waals surface area (Å²) in [6.45, 7) is 12.9. The fourth-order valence-corrected chi connectivity index (χ4v) is 3.72. The third-order valence-corrected chi connectivity index (χ3v) is 7.23. The SMILES string of the molecule is CCOCCN(CCOCC)c1ccc(NC(=O)c2ccc(NS(=O)(=O)C(C)(C)C)cc2)cc1. The predicted octanol–water partition coefficient (Wildman–Crippen LogP) is 4.36. The zero-order valence-corrected chi connectivity index (χ0v) is 21.6. The van der Waals surface area contributed by atoms with E-state index in [2.05, 4.69) is 14.9 Å². The van der Waals surface area contributed by atoms with E-state index in [0.29, 0.717) is 43.4 Å². The monoisotopic (exact) mass is 491 g/mol. The van der Waals surface area contributed by atoms with Crippen LogP contribution in [0.25, 0.3) is 0 Å². The van der Waals surface area contributed by atoms with Crippen molar-refractivity contribution in [3.05, 3.63) is 54.1 Å². The lowest BCUT2D eigenvalue weighted by Crippen LogP contribution is -2.33. The van der Waals surface area contributed by atoms with Crippen LogP contribution in [0.4, 0.5) is 17.1 Å². The number of anilines is 3. The first-order valence-corrected chi connectivity index (χ1v) is 13.0. The third-order valence-electron chi connectivity index (χ3n) is 5.12. The number of nitrogens with one attached hydrogen (secondary N) is 2. The van der Waals surface area contributed by atoms with E-state index in [1.54, 1.807) is 45.0 Å². The van der Waals surface area contributed by atoms with Gasteiger partial charge in [-0.2, -0.15) is 0 Å². The van der Waals surface area contributed by atoms with Crippen LogP contribution >= 0.6 is 0 Å². The standard InChI is InChI=1S/C25H37N3O5S/c1-6-32-18-16-28(17-19-33-7-2)23-14-12-21(13-15-23)26-24(29)20-8-10-22(11-9-20)27-34(30,31)25(3,4)5/h8-15,27H,6-7,16-19H2,1-5H3,(H,26,29). The highest BCUT2D eigenvalue weighted by atomic mass is 32.2. The maximum Gasteiger partial charge on any atom is 0.255 e. The van der Waals surface area contributed by atoms with E-state index in [9.17, 15) is 13.2 Å². The molecule has 2 rings (SSSR count). The van der Waals surface area contributed by atoms with Gasteiger partial charge in [0.05, 0.1) is 18.0 Å². The van der Waals surface area contributed by atoms with Crippen molar-refractivity contribution in [1.82, 2.24) is 0 Å². The third kappa shape index (κ3) is 8.30. The predicted molar refractivity (Wildman–Crippen MR) is 138 cm³/mol. The van der Waals surface area contributed by atoms with E-state index >= 15 is 0 Å². The van der Waals surface area contributed by atoms with Gasteiger partial charge in [0.1, 0.15) is 0 Å². The molecule has 0 aliphatic heterocycles. The normalized spacial score (nSPS) is 11.8. The first-order chi connectivity index (χ1) is 16.1. The van der Waals surface area contributed by atoms with Gasteiger partial charge in [0, 0.05) is 48.9 Å². The van der Waals surface area contributed by atoms with Gasteiger partial charge in [0.25, 0.3) is 5.91 Å². The molecule has 0 atom stereocenters. The van der Waals surface area contributed by atoms with Crippen molar-refractivity contribution in [2.24, 2.45) is 0 Å². The van der Waals surface area contributed by atoms with Crippen LogP contribution in [0, 0.1) is 0 Å². The Kier molecular flexibility index (Phi) is 10.3. The highest BCUT2D eigenvalue weighted by molar-refractivity contribution is 7.94. The first kappa shape index (κ1) is 27.6. The molecule has 0 aromatic heterocycles. The number of nitrogens with zero attached hydrogens (tertiary/aromatic N) is 1. The van der Waals surface area contributed by atoms with E-state index in [4.69, 9.17) is 9.47 Å². The van der Waals surface area contributed by atoms with Crippen molar-refractivity contribution in [2.75, 3.05) is 54.5 Å². The molecule has 0 spiro atoms. The Morgan fingerprint density at radius 3 is 1.82 bits per heavy atom. The fraction of sp³-hybridized carbons (Fsp3) is 0.480. The van der Waals surface area contributed by atoms with Gasteiger partial charge in [-0.3, -0.25) is 9.52 Å². The molecule has 0 unspecified atom stereocenters. The number of rotatable bonds is 13. The van der Waals surface area contributed by atoms with Crippen molar-refractivity contribution < 1.29 is 22.7 Å². The highest BCUT2D eigenvalue weighted by Crippen LogP contribution is 2.21. The molecule has 2 N–H and O–H groups in total. The lowest BCUT2D eigenvalue weighted by molar-refractivity contribution is 0.102. The molecular weight excluding hydrogens is 454 g/mol. The van der Waals surface area contributed by atoms with Crippen LogP contribution in [0.15, 0.2) is 48.5 Å². The molecule has 188 valence electrons. The second kappa shape index (κ2) is 12.7. The van der Waals surface area contributed by atoms with Crippen LogP contribution in [-0.4, -0.2) is 58.6 Å². The number of carbonyl (C=O) groups is 1. The number of sulfonamides is 1. The molecular formula is C25H37N3O5S. The summed E-state index contributed by atoms with van der Waals surface area (Å²) in [6, 6.07) is 14.0.